The van der Waals surface area contributed by atoms with Gasteiger partial charge in [-0.25, -0.2) is 4.79 Å². The van der Waals surface area contributed by atoms with Crippen molar-refractivity contribution in [3.05, 3.63) is 47.4 Å². The van der Waals surface area contributed by atoms with Crippen molar-refractivity contribution in [2.75, 3.05) is 13.7 Å². The lowest BCUT2D eigenvalue weighted by Crippen LogP contribution is -2.28. The number of methoxy groups -OCH3 is 1. The Hall–Kier alpha value is -2.96. The molecule has 7 nitrogen and oxygen atoms in total. The number of benzene rings is 1. The highest BCUT2D eigenvalue weighted by atomic mass is 16.5. The molecular formula is C16H17NO6. The maximum atomic E-state index is 11.8. The van der Waals surface area contributed by atoms with Crippen molar-refractivity contribution in [2.24, 2.45) is 0 Å². The van der Waals surface area contributed by atoms with E-state index in [9.17, 15) is 9.59 Å². The molecule has 1 aromatic heterocycles. The monoisotopic (exact) mass is 319 g/mol. The van der Waals surface area contributed by atoms with Gasteiger partial charge in [-0.1, -0.05) is 12.1 Å². The molecule has 0 unspecified atom stereocenters. The van der Waals surface area contributed by atoms with Gasteiger partial charge in [0.1, 0.15) is 17.1 Å². The van der Waals surface area contributed by atoms with Gasteiger partial charge >= 0.3 is 5.97 Å². The second kappa shape index (κ2) is 7.35. The van der Waals surface area contributed by atoms with Gasteiger partial charge in [-0.15, -0.1) is 0 Å². The number of carbonyl (C=O) groups excluding carboxylic acids is 1. The highest BCUT2D eigenvalue weighted by Crippen LogP contribution is 2.25. The summed E-state index contributed by atoms with van der Waals surface area (Å²) in [7, 11) is 1.52. The zero-order valence-electron chi connectivity index (χ0n) is 12.8. The van der Waals surface area contributed by atoms with Crippen molar-refractivity contribution in [3.8, 4) is 11.5 Å². The Kier molecular flexibility index (Phi) is 5.24. The van der Waals surface area contributed by atoms with E-state index in [1.54, 1.807) is 31.2 Å². The minimum Gasteiger partial charge on any atom is -0.493 e. The summed E-state index contributed by atoms with van der Waals surface area (Å²) in [6, 6.07) is 8.38. The minimum atomic E-state index is -1.07. The van der Waals surface area contributed by atoms with E-state index in [1.165, 1.54) is 13.2 Å². The van der Waals surface area contributed by atoms with Crippen LogP contribution < -0.4 is 14.8 Å². The molecule has 0 saturated heterocycles. The number of carboxylic acids is 1. The third kappa shape index (κ3) is 4.26. The van der Waals surface area contributed by atoms with Gasteiger partial charge in [-0.05, 0) is 25.1 Å². The second-order valence-electron chi connectivity index (χ2n) is 4.70. The zero-order valence-corrected chi connectivity index (χ0v) is 12.8. The number of ether oxygens (including phenoxy) is 2. The predicted octanol–water partition coefficient (Wildman–Crippen LogP) is 1.99. The standard InChI is InChI=1S/C16H17NO6/c1-10-12(16(19)20)7-11(23-10)8-17-15(18)9-22-14-6-4-3-5-13(14)21-2/h3-7H,8-9H2,1-2H3,(H,17,18)(H,19,20). The molecule has 23 heavy (non-hydrogen) atoms. The van der Waals surface area contributed by atoms with Crippen LogP contribution in [0.2, 0.25) is 0 Å². The van der Waals surface area contributed by atoms with Crippen LogP contribution in [0.25, 0.3) is 0 Å². The Morgan fingerprint density at radius 3 is 2.57 bits per heavy atom. The summed E-state index contributed by atoms with van der Waals surface area (Å²) in [6.45, 7) is 1.45. The summed E-state index contributed by atoms with van der Waals surface area (Å²) >= 11 is 0. The molecule has 7 heteroatoms. The first-order chi connectivity index (χ1) is 11.0. The van der Waals surface area contributed by atoms with Crippen molar-refractivity contribution in [1.82, 2.24) is 5.32 Å². The number of aryl methyl sites for hydroxylation is 1. The van der Waals surface area contributed by atoms with Crippen molar-refractivity contribution in [2.45, 2.75) is 13.5 Å². The lowest BCUT2D eigenvalue weighted by atomic mass is 10.2. The smallest absolute Gasteiger partial charge is 0.339 e. The Bertz CT molecular complexity index is 706. The summed E-state index contributed by atoms with van der Waals surface area (Å²) in [4.78, 5) is 22.7. The minimum absolute atomic E-state index is 0.0829. The molecule has 0 aliphatic rings. The fourth-order valence-electron chi connectivity index (χ4n) is 1.96. The van der Waals surface area contributed by atoms with Gasteiger partial charge in [-0.3, -0.25) is 4.79 Å². The highest BCUT2D eigenvalue weighted by Gasteiger charge is 2.14. The van der Waals surface area contributed by atoms with Crippen molar-refractivity contribution >= 4 is 11.9 Å². The Labute approximate surface area is 132 Å². The van der Waals surface area contributed by atoms with Gasteiger partial charge in [0.2, 0.25) is 0 Å². The predicted molar refractivity (Wildman–Crippen MR) is 80.7 cm³/mol. The van der Waals surface area contributed by atoms with Gasteiger partial charge < -0.3 is 24.3 Å². The fourth-order valence-corrected chi connectivity index (χ4v) is 1.96. The van der Waals surface area contributed by atoms with Crippen LogP contribution >= 0.6 is 0 Å². The third-order valence-corrected chi connectivity index (χ3v) is 3.09. The van der Waals surface area contributed by atoms with E-state index in [0.29, 0.717) is 23.0 Å². The van der Waals surface area contributed by atoms with Crippen LogP contribution in [-0.4, -0.2) is 30.7 Å². The van der Waals surface area contributed by atoms with Gasteiger partial charge in [0.15, 0.2) is 18.1 Å². The SMILES string of the molecule is COc1ccccc1OCC(=O)NCc1cc(C(=O)O)c(C)o1. The molecule has 0 radical (unpaired) electrons. The first-order valence-electron chi connectivity index (χ1n) is 6.86. The molecular weight excluding hydrogens is 302 g/mol. The molecule has 0 saturated carbocycles. The van der Waals surface area contributed by atoms with Gasteiger partial charge in [0.05, 0.1) is 13.7 Å². The van der Waals surface area contributed by atoms with E-state index in [4.69, 9.17) is 19.0 Å². The van der Waals surface area contributed by atoms with Crippen molar-refractivity contribution in [3.63, 3.8) is 0 Å². The average Bonchev–Trinajstić information content (AvgIpc) is 2.92. The summed E-state index contributed by atoms with van der Waals surface area (Å²) in [5, 5.41) is 11.5. The molecule has 2 aromatic rings. The first-order valence-corrected chi connectivity index (χ1v) is 6.86. The Morgan fingerprint density at radius 2 is 1.96 bits per heavy atom. The zero-order chi connectivity index (χ0) is 16.8. The largest absolute Gasteiger partial charge is 0.493 e. The average molecular weight is 319 g/mol. The molecule has 122 valence electrons. The molecule has 2 N–H and O–H groups in total. The van der Waals surface area contributed by atoms with Crippen LogP contribution in [0.4, 0.5) is 0 Å². The molecule has 0 spiro atoms. The number of aromatic carboxylic acids is 1. The Morgan fingerprint density at radius 1 is 1.26 bits per heavy atom. The van der Waals surface area contributed by atoms with Gasteiger partial charge in [0, 0.05) is 0 Å². The quantitative estimate of drug-likeness (QED) is 0.810. The normalized spacial score (nSPS) is 10.2. The molecule has 0 bridgehead atoms. The summed E-state index contributed by atoms with van der Waals surface area (Å²) < 4.78 is 15.8. The van der Waals surface area contributed by atoms with Gasteiger partial charge in [0.25, 0.3) is 5.91 Å². The maximum Gasteiger partial charge on any atom is 0.339 e. The van der Waals surface area contributed by atoms with E-state index >= 15 is 0 Å². The first kappa shape index (κ1) is 16.4. The van der Waals surface area contributed by atoms with Crippen LogP contribution in [0.3, 0.4) is 0 Å². The number of nitrogens with one attached hydrogen (secondary N) is 1. The van der Waals surface area contributed by atoms with E-state index in [2.05, 4.69) is 5.32 Å². The van der Waals surface area contributed by atoms with E-state index in [-0.39, 0.29) is 24.6 Å². The molecule has 1 heterocycles. The summed E-state index contributed by atoms with van der Waals surface area (Å²) in [5.41, 5.74) is 0.0829. The second-order valence-corrected chi connectivity index (χ2v) is 4.70. The number of hydrogen-bond donors (Lipinski definition) is 2. The van der Waals surface area contributed by atoms with Crippen LogP contribution in [0.1, 0.15) is 21.9 Å². The molecule has 0 atom stereocenters. The number of hydrogen-bond acceptors (Lipinski definition) is 5. The lowest BCUT2D eigenvalue weighted by molar-refractivity contribution is -0.123. The van der Waals surface area contributed by atoms with Crippen LogP contribution in [0.15, 0.2) is 34.7 Å². The molecule has 0 fully saturated rings. The van der Waals surface area contributed by atoms with Crippen molar-refractivity contribution < 1.29 is 28.6 Å². The Balaban J connectivity index is 1.86. The molecule has 0 aliphatic carbocycles. The number of amides is 1. The van der Waals surface area contributed by atoms with E-state index < -0.39 is 5.97 Å². The molecule has 1 amide bonds. The topological polar surface area (TPSA) is 98.0 Å². The van der Waals surface area contributed by atoms with Crippen LogP contribution in [0.5, 0.6) is 11.5 Å². The maximum absolute atomic E-state index is 11.8. The van der Waals surface area contributed by atoms with Gasteiger partial charge in [-0.2, -0.15) is 0 Å². The fraction of sp³-hybridized carbons (Fsp3) is 0.250. The number of rotatable bonds is 7. The van der Waals surface area contributed by atoms with E-state index in [0.717, 1.165) is 0 Å². The molecule has 0 aliphatic heterocycles. The van der Waals surface area contributed by atoms with Crippen molar-refractivity contribution in [1.29, 1.82) is 0 Å². The highest BCUT2D eigenvalue weighted by molar-refractivity contribution is 5.88. The number of para-hydroxylation sites is 2. The van der Waals surface area contributed by atoms with Crippen LogP contribution in [-0.2, 0) is 11.3 Å². The number of carboxylic acid groups (broad SMARTS) is 1. The lowest BCUT2D eigenvalue weighted by Gasteiger charge is -2.10. The summed E-state index contributed by atoms with van der Waals surface area (Å²) in [6.07, 6.45) is 0. The molecule has 2 rings (SSSR count). The number of furan rings is 1. The molecule has 1 aromatic carbocycles. The van der Waals surface area contributed by atoms with E-state index in [1.807, 2.05) is 0 Å². The summed E-state index contributed by atoms with van der Waals surface area (Å²) in [5.74, 6) is 0.239. The third-order valence-electron chi connectivity index (χ3n) is 3.09. The number of carbonyl (C=O) groups is 2. The van der Waals surface area contributed by atoms with Crippen LogP contribution in [0, 0.1) is 6.92 Å².